The van der Waals surface area contributed by atoms with Gasteiger partial charge in [0.25, 0.3) is 5.91 Å². The molecule has 2 aromatic heterocycles. The first-order chi connectivity index (χ1) is 15.0. The summed E-state index contributed by atoms with van der Waals surface area (Å²) in [5.74, 6) is -0.245. The fourth-order valence-corrected chi connectivity index (χ4v) is 4.23. The maximum atomic E-state index is 12.1. The molecule has 0 saturated heterocycles. The van der Waals surface area contributed by atoms with Gasteiger partial charge in [0.2, 0.25) is 5.16 Å². The van der Waals surface area contributed by atoms with Gasteiger partial charge in [-0.25, -0.2) is 10.5 Å². The van der Waals surface area contributed by atoms with Crippen LogP contribution in [0.3, 0.4) is 0 Å². The Balaban J connectivity index is 1.76. The Kier molecular flexibility index (Phi) is 6.41. The second-order valence-electron chi connectivity index (χ2n) is 7.16. The van der Waals surface area contributed by atoms with Gasteiger partial charge >= 0.3 is 0 Å². The van der Waals surface area contributed by atoms with E-state index in [1.165, 1.54) is 11.8 Å². The summed E-state index contributed by atoms with van der Waals surface area (Å²) in [6, 6.07) is 14.0. The van der Waals surface area contributed by atoms with Crippen LogP contribution in [0.2, 0.25) is 5.02 Å². The zero-order valence-electron chi connectivity index (χ0n) is 17.4. The van der Waals surface area contributed by atoms with E-state index in [9.17, 15) is 4.79 Å². The fourth-order valence-electron chi connectivity index (χ4n) is 3.32. The molecule has 0 spiro atoms. The maximum absolute atomic E-state index is 12.1. The maximum Gasteiger partial charge on any atom is 0.256 e. The van der Waals surface area contributed by atoms with Gasteiger partial charge < -0.3 is 4.57 Å². The number of hydroxylamine groups is 1. The van der Waals surface area contributed by atoms with Crippen molar-refractivity contribution in [3.8, 4) is 0 Å². The van der Waals surface area contributed by atoms with Crippen LogP contribution in [-0.4, -0.2) is 37.5 Å². The van der Waals surface area contributed by atoms with Crippen molar-refractivity contribution < 1.29 is 9.63 Å². The third kappa shape index (κ3) is 4.66. The Morgan fingerprint density at radius 2 is 2.10 bits per heavy atom. The molecule has 1 N–H and O–H groups in total. The Morgan fingerprint density at radius 1 is 1.26 bits per heavy atom. The molecule has 0 aliphatic rings. The molecule has 1 atom stereocenters. The summed E-state index contributed by atoms with van der Waals surface area (Å²) in [5, 5.41) is 10.4. The minimum absolute atomic E-state index is 0.245. The van der Waals surface area contributed by atoms with Crippen LogP contribution < -0.4 is 5.48 Å². The molecule has 31 heavy (non-hydrogen) atoms. The van der Waals surface area contributed by atoms with Gasteiger partial charge in [0.1, 0.15) is 5.52 Å². The molecule has 1 amide bonds. The summed E-state index contributed by atoms with van der Waals surface area (Å²) in [6.45, 7) is 6.61. The zero-order chi connectivity index (χ0) is 22.0. The largest absolute Gasteiger partial charge is 0.319 e. The number of hydrogen-bond acceptors (Lipinski definition) is 6. The van der Waals surface area contributed by atoms with Crippen LogP contribution in [0.15, 0.2) is 47.6 Å². The molecule has 9 heteroatoms. The molecule has 0 fully saturated rings. The number of aromatic nitrogens is 4. The van der Waals surface area contributed by atoms with Crippen LogP contribution in [0.4, 0.5) is 0 Å². The molecule has 160 valence electrons. The normalized spacial score (nSPS) is 12.4. The highest BCUT2D eigenvalue weighted by atomic mass is 35.5. The highest BCUT2D eigenvalue weighted by Crippen LogP contribution is 2.30. The lowest BCUT2D eigenvalue weighted by molar-refractivity contribution is -0.132. The van der Waals surface area contributed by atoms with Gasteiger partial charge in [-0.3, -0.25) is 9.63 Å². The van der Waals surface area contributed by atoms with E-state index < -0.39 is 5.25 Å². The summed E-state index contributed by atoms with van der Waals surface area (Å²) in [7, 11) is 0. The fraction of sp³-hybridized carbons (Fsp3) is 0.273. The third-order valence-electron chi connectivity index (χ3n) is 4.80. The number of rotatable bonds is 7. The standard InChI is InChI=1S/C22H22ClN5O2S/c1-4-30-27-21(29)14(3)31-22-24-20-19(25-26-22)17-10-13(2)8-9-18(17)28(20)12-15-6-5-7-16(23)11-15/h5-11,14H,4,12H2,1-3H3,(H,27,29). The summed E-state index contributed by atoms with van der Waals surface area (Å²) in [4.78, 5) is 21.9. The van der Waals surface area contributed by atoms with Gasteiger partial charge in [0.15, 0.2) is 5.65 Å². The molecule has 0 aliphatic heterocycles. The van der Waals surface area contributed by atoms with Crippen molar-refractivity contribution in [2.75, 3.05) is 6.61 Å². The second kappa shape index (κ2) is 9.21. The molecule has 4 rings (SSSR count). The second-order valence-corrected chi connectivity index (χ2v) is 8.91. The van der Waals surface area contributed by atoms with E-state index in [2.05, 4.69) is 38.4 Å². The van der Waals surface area contributed by atoms with Crippen molar-refractivity contribution in [1.82, 2.24) is 25.2 Å². The van der Waals surface area contributed by atoms with Gasteiger partial charge in [0.05, 0.1) is 17.4 Å². The highest BCUT2D eigenvalue weighted by molar-refractivity contribution is 8.00. The quantitative estimate of drug-likeness (QED) is 0.325. The van der Waals surface area contributed by atoms with Crippen molar-refractivity contribution >= 4 is 51.3 Å². The van der Waals surface area contributed by atoms with Crippen molar-refractivity contribution in [2.45, 2.75) is 37.7 Å². The van der Waals surface area contributed by atoms with Gasteiger partial charge in [-0.2, -0.15) is 0 Å². The average Bonchev–Trinajstić information content (AvgIpc) is 3.04. The zero-order valence-corrected chi connectivity index (χ0v) is 19.0. The summed E-state index contributed by atoms with van der Waals surface area (Å²) < 4.78 is 2.11. The van der Waals surface area contributed by atoms with Crippen LogP contribution in [0.25, 0.3) is 22.1 Å². The molecule has 7 nitrogen and oxygen atoms in total. The number of amides is 1. The molecule has 0 radical (unpaired) electrons. The van der Waals surface area contributed by atoms with Crippen molar-refractivity contribution in [3.63, 3.8) is 0 Å². The van der Waals surface area contributed by atoms with Crippen LogP contribution in [0, 0.1) is 6.92 Å². The first-order valence-electron chi connectivity index (χ1n) is 9.92. The minimum Gasteiger partial charge on any atom is -0.319 e. The number of aryl methyl sites for hydroxylation is 1. The Labute approximate surface area is 189 Å². The molecule has 1 unspecified atom stereocenters. The van der Waals surface area contributed by atoms with Gasteiger partial charge in [-0.15, -0.1) is 10.2 Å². The van der Waals surface area contributed by atoms with Crippen molar-refractivity contribution in [2.24, 2.45) is 0 Å². The Hall–Kier alpha value is -2.68. The lowest BCUT2D eigenvalue weighted by Gasteiger charge is -2.10. The molecule has 0 bridgehead atoms. The van der Waals surface area contributed by atoms with Crippen LogP contribution in [0.1, 0.15) is 25.0 Å². The number of carbonyl (C=O) groups excluding carboxylic acids is 1. The van der Waals surface area contributed by atoms with Crippen molar-refractivity contribution in [1.29, 1.82) is 0 Å². The third-order valence-corrected chi connectivity index (χ3v) is 5.99. The first kappa shape index (κ1) is 21.5. The lowest BCUT2D eigenvalue weighted by Crippen LogP contribution is -2.31. The van der Waals surface area contributed by atoms with E-state index >= 15 is 0 Å². The SMILES string of the molecule is CCONC(=O)C(C)Sc1nnc2c3cc(C)ccc3n(Cc3cccc(Cl)c3)c2n1. The van der Waals surface area contributed by atoms with Gasteiger partial charge in [-0.1, -0.05) is 47.1 Å². The van der Waals surface area contributed by atoms with E-state index in [0.717, 1.165) is 33.2 Å². The number of benzene rings is 2. The molecule has 4 aromatic rings. The summed E-state index contributed by atoms with van der Waals surface area (Å²) >= 11 is 7.43. The molecule has 2 heterocycles. The average molecular weight is 456 g/mol. The number of fused-ring (bicyclic) bond motifs is 3. The van der Waals surface area contributed by atoms with E-state index in [4.69, 9.17) is 21.4 Å². The predicted octanol–water partition coefficient (Wildman–Crippen LogP) is 4.54. The Morgan fingerprint density at radius 3 is 2.87 bits per heavy atom. The molecule has 0 saturated carbocycles. The number of hydrogen-bond donors (Lipinski definition) is 1. The number of nitrogens with one attached hydrogen (secondary N) is 1. The van der Waals surface area contributed by atoms with E-state index in [1.54, 1.807) is 13.8 Å². The molecular formula is C22H22ClN5O2S. The number of carbonyl (C=O) groups is 1. The molecular weight excluding hydrogens is 434 g/mol. The van der Waals surface area contributed by atoms with Crippen LogP contribution in [-0.2, 0) is 16.2 Å². The molecule has 0 aliphatic carbocycles. The molecule has 2 aromatic carbocycles. The van der Waals surface area contributed by atoms with Crippen LogP contribution in [0.5, 0.6) is 0 Å². The van der Waals surface area contributed by atoms with Crippen molar-refractivity contribution in [3.05, 3.63) is 58.6 Å². The number of thioether (sulfide) groups is 1. The lowest BCUT2D eigenvalue weighted by atomic mass is 10.1. The highest BCUT2D eigenvalue weighted by Gasteiger charge is 2.20. The van der Waals surface area contributed by atoms with Gasteiger partial charge in [-0.05, 0) is 50.6 Å². The summed E-state index contributed by atoms with van der Waals surface area (Å²) in [6.07, 6.45) is 0. The van der Waals surface area contributed by atoms with E-state index in [1.807, 2.05) is 31.2 Å². The number of halogens is 1. The van der Waals surface area contributed by atoms with E-state index in [-0.39, 0.29) is 5.91 Å². The van der Waals surface area contributed by atoms with E-state index in [0.29, 0.717) is 23.3 Å². The Bertz CT molecular complexity index is 1260. The topological polar surface area (TPSA) is 81.9 Å². The van der Waals surface area contributed by atoms with Crippen LogP contribution >= 0.6 is 23.4 Å². The first-order valence-corrected chi connectivity index (χ1v) is 11.2. The number of nitrogens with zero attached hydrogens (tertiary/aromatic N) is 4. The minimum atomic E-state index is -0.432. The monoisotopic (exact) mass is 455 g/mol. The predicted molar refractivity (Wildman–Crippen MR) is 123 cm³/mol. The smallest absolute Gasteiger partial charge is 0.256 e. The summed E-state index contributed by atoms with van der Waals surface area (Å²) in [5.41, 5.74) is 7.08. The van der Waals surface area contributed by atoms with Gasteiger partial charge in [0, 0.05) is 17.0 Å².